The highest BCUT2D eigenvalue weighted by molar-refractivity contribution is 7.88. The monoisotopic (exact) mass is 319 g/mol. The molecule has 0 spiro atoms. The Morgan fingerprint density at radius 2 is 1.90 bits per heavy atom. The van der Waals surface area contributed by atoms with Crippen molar-refractivity contribution < 1.29 is 13.2 Å². The van der Waals surface area contributed by atoms with Crippen LogP contribution in [0.15, 0.2) is 0 Å². The molecule has 1 amide bonds. The number of carbonyl (C=O) groups is 1. The van der Waals surface area contributed by atoms with E-state index in [1.165, 1.54) is 10.6 Å². The lowest BCUT2D eigenvalue weighted by Gasteiger charge is -2.31. The maximum Gasteiger partial charge on any atom is 0.220 e. The van der Waals surface area contributed by atoms with Crippen LogP contribution in [0.2, 0.25) is 0 Å². The van der Waals surface area contributed by atoms with Gasteiger partial charge in [-0.25, -0.2) is 12.7 Å². The van der Waals surface area contributed by atoms with Crippen LogP contribution in [0.5, 0.6) is 0 Å². The van der Waals surface area contributed by atoms with E-state index in [9.17, 15) is 13.2 Å². The van der Waals surface area contributed by atoms with Crippen LogP contribution in [0.1, 0.15) is 39.5 Å². The fourth-order valence-corrected chi connectivity index (χ4v) is 3.68. The molecule has 1 heterocycles. The first kappa shape index (κ1) is 18.4. The Bertz CT molecular complexity index is 429. The first-order valence-electron chi connectivity index (χ1n) is 7.67. The predicted octanol–water partition coefficient (Wildman–Crippen LogP) is 0.538. The van der Waals surface area contributed by atoms with Crippen LogP contribution in [0.25, 0.3) is 0 Å². The van der Waals surface area contributed by atoms with Gasteiger partial charge in [0.05, 0.1) is 6.26 Å². The fraction of sp³-hybridized carbons (Fsp3) is 0.929. The first-order valence-corrected chi connectivity index (χ1v) is 9.51. The minimum Gasteiger partial charge on any atom is -0.353 e. The van der Waals surface area contributed by atoms with Gasteiger partial charge in [-0.1, -0.05) is 13.8 Å². The second-order valence-corrected chi connectivity index (χ2v) is 8.42. The summed E-state index contributed by atoms with van der Waals surface area (Å²) in [6.45, 7) is 5.74. The van der Waals surface area contributed by atoms with Gasteiger partial charge in [-0.15, -0.1) is 0 Å². The van der Waals surface area contributed by atoms with Gasteiger partial charge in [0.1, 0.15) is 0 Å². The van der Waals surface area contributed by atoms with E-state index in [0.717, 1.165) is 6.42 Å². The fourth-order valence-electron chi connectivity index (χ4n) is 2.81. The van der Waals surface area contributed by atoms with Crippen molar-refractivity contribution in [3.05, 3.63) is 0 Å². The van der Waals surface area contributed by atoms with Gasteiger partial charge in [-0.2, -0.15) is 0 Å². The van der Waals surface area contributed by atoms with Crippen LogP contribution < -0.4 is 11.1 Å². The van der Waals surface area contributed by atoms with Crippen LogP contribution >= 0.6 is 0 Å². The minimum atomic E-state index is -3.11. The van der Waals surface area contributed by atoms with Crippen LogP contribution in [0, 0.1) is 11.8 Å². The number of piperidine rings is 1. The molecule has 0 aromatic heterocycles. The number of carbonyl (C=O) groups excluding carboxylic acids is 1. The van der Waals surface area contributed by atoms with E-state index in [2.05, 4.69) is 19.2 Å². The van der Waals surface area contributed by atoms with E-state index in [0.29, 0.717) is 44.8 Å². The topological polar surface area (TPSA) is 92.5 Å². The number of sulfonamides is 1. The lowest BCUT2D eigenvalue weighted by molar-refractivity contribution is -0.123. The molecule has 124 valence electrons. The molecular weight excluding hydrogens is 290 g/mol. The Labute approximate surface area is 128 Å². The van der Waals surface area contributed by atoms with Gasteiger partial charge in [0.2, 0.25) is 15.9 Å². The maximum atomic E-state index is 12.0. The zero-order valence-electron chi connectivity index (χ0n) is 13.3. The molecule has 6 nitrogen and oxygen atoms in total. The van der Waals surface area contributed by atoms with E-state index in [1.807, 2.05) is 0 Å². The van der Waals surface area contributed by atoms with E-state index >= 15 is 0 Å². The van der Waals surface area contributed by atoms with E-state index in [4.69, 9.17) is 5.73 Å². The molecule has 0 unspecified atom stereocenters. The summed E-state index contributed by atoms with van der Waals surface area (Å²) in [7, 11) is -3.11. The Hall–Kier alpha value is -0.660. The van der Waals surface area contributed by atoms with Gasteiger partial charge in [-0.05, 0) is 37.6 Å². The molecule has 1 aliphatic rings. The molecule has 0 bridgehead atoms. The highest BCUT2D eigenvalue weighted by atomic mass is 32.2. The predicted molar refractivity (Wildman–Crippen MR) is 84.2 cm³/mol. The number of nitrogens with zero attached hydrogens (tertiary/aromatic N) is 1. The summed E-state index contributed by atoms with van der Waals surface area (Å²) in [6.07, 6.45) is 3.99. The summed E-state index contributed by atoms with van der Waals surface area (Å²) in [5.41, 5.74) is 5.72. The Balaban J connectivity index is 2.36. The summed E-state index contributed by atoms with van der Waals surface area (Å²) in [5.74, 6) is 0.786. The Morgan fingerprint density at radius 3 is 2.33 bits per heavy atom. The van der Waals surface area contributed by atoms with E-state index in [-0.39, 0.29) is 17.9 Å². The minimum absolute atomic E-state index is 0.0314. The highest BCUT2D eigenvalue weighted by Gasteiger charge is 2.26. The lowest BCUT2D eigenvalue weighted by atomic mass is 9.93. The largest absolute Gasteiger partial charge is 0.353 e. The normalized spacial score (nSPS) is 19.7. The smallest absolute Gasteiger partial charge is 0.220 e. The van der Waals surface area contributed by atoms with Gasteiger partial charge in [0, 0.05) is 25.6 Å². The third kappa shape index (κ3) is 6.76. The molecule has 21 heavy (non-hydrogen) atoms. The van der Waals surface area contributed by atoms with Crippen LogP contribution in [-0.2, 0) is 14.8 Å². The number of hydrogen-bond donors (Lipinski definition) is 2. The molecule has 0 aromatic rings. The third-order valence-electron chi connectivity index (χ3n) is 3.90. The summed E-state index contributed by atoms with van der Waals surface area (Å²) >= 11 is 0. The van der Waals surface area contributed by atoms with Crippen LogP contribution in [0.4, 0.5) is 0 Å². The Kier molecular flexibility index (Phi) is 7.09. The van der Waals surface area contributed by atoms with Crippen molar-refractivity contribution in [3.8, 4) is 0 Å². The highest BCUT2D eigenvalue weighted by Crippen LogP contribution is 2.16. The average Bonchev–Trinajstić information content (AvgIpc) is 2.36. The summed E-state index contributed by atoms with van der Waals surface area (Å²) in [5, 5.41) is 3.01. The van der Waals surface area contributed by atoms with Crippen molar-refractivity contribution in [2.24, 2.45) is 17.6 Å². The molecule has 0 aliphatic carbocycles. The van der Waals surface area contributed by atoms with Crippen molar-refractivity contribution in [1.29, 1.82) is 0 Å². The summed E-state index contributed by atoms with van der Waals surface area (Å²) < 4.78 is 24.3. The van der Waals surface area contributed by atoms with Crippen molar-refractivity contribution >= 4 is 15.9 Å². The number of amides is 1. The zero-order chi connectivity index (χ0) is 16.0. The lowest BCUT2D eigenvalue weighted by Crippen LogP contribution is -2.46. The molecular formula is C14H29N3O3S. The van der Waals surface area contributed by atoms with Gasteiger partial charge in [0.15, 0.2) is 0 Å². The molecule has 0 aromatic carbocycles. The third-order valence-corrected chi connectivity index (χ3v) is 5.20. The van der Waals surface area contributed by atoms with Gasteiger partial charge in [-0.3, -0.25) is 4.79 Å². The second kappa shape index (κ2) is 8.10. The summed E-state index contributed by atoms with van der Waals surface area (Å²) in [6, 6.07) is 0.0768. The van der Waals surface area contributed by atoms with Crippen molar-refractivity contribution in [2.75, 3.05) is 25.9 Å². The average molecular weight is 319 g/mol. The molecule has 0 radical (unpaired) electrons. The quantitative estimate of drug-likeness (QED) is 0.716. The second-order valence-electron chi connectivity index (χ2n) is 6.44. The van der Waals surface area contributed by atoms with Crippen LogP contribution in [0.3, 0.4) is 0 Å². The van der Waals surface area contributed by atoms with Crippen molar-refractivity contribution in [2.45, 2.75) is 45.6 Å². The van der Waals surface area contributed by atoms with E-state index in [1.54, 1.807) is 0 Å². The van der Waals surface area contributed by atoms with Crippen molar-refractivity contribution in [3.63, 3.8) is 0 Å². The molecule has 1 fully saturated rings. The molecule has 1 aliphatic heterocycles. The molecule has 3 N–H and O–H groups in total. The Morgan fingerprint density at radius 1 is 1.33 bits per heavy atom. The molecule has 1 atom stereocenters. The molecule has 1 rings (SSSR count). The SMILES string of the molecule is CC(C)C[C@H](CN)CC(=O)NC1CCN(S(C)(=O)=O)CC1. The van der Waals surface area contributed by atoms with Gasteiger partial charge < -0.3 is 11.1 Å². The molecule has 0 saturated carbocycles. The van der Waals surface area contributed by atoms with Crippen molar-refractivity contribution in [1.82, 2.24) is 9.62 Å². The molecule has 1 saturated heterocycles. The first-order chi connectivity index (χ1) is 9.72. The zero-order valence-corrected chi connectivity index (χ0v) is 14.2. The number of nitrogens with two attached hydrogens (primary N) is 1. The molecule has 7 heteroatoms. The summed E-state index contributed by atoms with van der Waals surface area (Å²) in [4.78, 5) is 12.0. The number of hydrogen-bond acceptors (Lipinski definition) is 4. The maximum absolute atomic E-state index is 12.0. The number of rotatable bonds is 7. The van der Waals surface area contributed by atoms with Gasteiger partial charge in [0.25, 0.3) is 0 Å². The van der Waals surface area contributed by atoms with Crippen LogP contribution in [-0.4, -0.2) is 50.6 Å². The number of nitrogens with one attached hydrogen (secondary N) is 1. The standard InChI is InChI=1S/C14H29N3O3S/c1-11(2)8-12(10-15)9-14(18)16-13-4-6-17(7-5-13)21(3,19)20/h11-13H,4-10,15H2,1-3H3,(H,16,18)/t12-/m0/s1. The van der Waals surface area contributed by atoms with Gasteiger partial charge >= 0.3 is 0 Å². The van der Waals surface area contributed by atoms with E-state index < -0.39 is 10.0 Å².